The summed E-state index contributed by atoms with van der Waals surface area (Å²) in [6.45, 7) is 1.73. The number of hydrazone groups is 1. The molecule has 1 amide bonds. The second-order valence-corrected chi connectivity index (χ2v) is 8.79. The van der Waals surface area contributed by atoms with Crippen molar-refractivity contribution in [1.29, 1.82) is 0 Å². The Morgan fingerprint density at radius 1 is 1.22 bits per heavy atom. The molecule has 1 N–H and O–H groups in total. The van der Waals surface area contributed by atoms with Gasteiger partial charge in [-0.25, -0.2) is 5.43 Å². The van der Waals surface area contributed by atoms with Crippen molar-refractivity contribution in [2.75, 3.05) is 6.61 Å². The summed E-state index contributed by atoms with van der Waals surface area (Å²) >= 11 is 13.5. The lowest BCUT2D eigenvalue weighted by Crippen LogP contribution is -2.26. The van der Waals surface area contributed by atoms with E-state index in [4.69, 9.17) is 27.9 Å². The van der Waals surface area contributed by atoms with Gasteiger partial charge in [-0.05, 0) is 61.6 Å². The van der Waals surface area contributed by atoms with Crippen molar-refractivity contribution in [3.05, 3.63) is 50.1 Å². The minimum absolute atomic E-state index is 0.0939. The lowest BCUT2D eigenvalue weighted by atomic mass is 9.84. The zero-order valence-corrected chi connectivity index (χ0v) is 17.5. The van der Waals surface area contributed by atoms with E-state index in [2.05, 4.69) is 10.5 Å². The van der Waals surface area contributed by atoms with Crippen molar-refractivity contribution in [2.24, 2.45) is 5.10 Å². The van der Waals surface area contributed by atoms with E-state index in [-0.39, 0.29) is 12.5 Å². The van der Waals surface area contributed by atoms with Gasteiger partial charge in [-0.3, -0.25) is 4.79 Å². The first kappa shape index (κ1) is 20.2. The third kappa shape index (κ3) is 5.71. The molecule has 144 valence electrons. The number of nitrogens with one attached hydrogen (secondary N) is 1. The molecule has 2 aromatic rings. The lowest BCUT2D eigenvalue weighted by Gasteiger charge is -2.24. The molecule has 1 aromatic heterocycles. The van der Waals surface area contributed by atoms with Gasteiger partial charge in [0.2, 0.25) is 0 Å². The average Bonchev–Trinajstić information content (AvgIpc) is 3.12. The third-order valence-electron chi connectivity index (χ3n) is 4.65. The Bertz CT molecular complexity index is 829. The Morgan fingerprint density at radius 3 is 2.70 bits per heavy atom. The third-order valence-corrected chi connectivity index (χ3v) is 6.23. The van der Waals surface area contributed by atoms with Gasteiger partial charge in [-0.15, -0.1) is 11.3 Å². The highest BCUT2D eigenvalue weighted by Gasteiger charge is 2.20. The topological polar surface area (TPSA) is 50.7 Å². The maximum Gasteiger partial charge on any atom is 0.277 e. The first-order valence-corrected chi connectivity index (χ1v) is 10.6. The number of benzene rings is 1. The quantitative estimate of drug-likeness (QED) is 0.454. The van der Waals surface area contributed by atoms with Crippen LogP contribution in [0, 0.1) is 0 Å². The average molecular weight is 425 g/mol. The van der Waals surface area contributed by atoms with Gasteiger partial charge in [-0.2, -0.15) is 5.10 Å². The van der Waals surface area contributed by atoms with Gasteiger partial charge >= 0.3 is 0 Å². The number of thiophene rings is 1. The molecule has 0 saturated heterocycles. The van der Waals surface area contributed by atoms with Crippen molar-refractivity contribution in [3.8, 4) is 5.75 Å². The summed E-state index contributed by atoms with van der Waals surface area (Å²) < 4.78 is 6.48. The zero-order valence-electron chi connectivity index (χ0n) is 15.1. The van der Waals surface area contributed by atoms with Crippen LogP contribution in [0.3, 0.4) is 0 Å². The maximum absolute atomic E-state index is 12.1. The SMILES string of the molecule is CC(=NNC(=O)COc1ccc(Cl)cc1C1CCCCC1)c1ccc(Cl)s1. The molecule has 4 nitrogen and oxygen atoms in total. The smallest absolute Gasteiger partial charge is 0.277 e. The van der Waals surface area contributed by atoms with E-state index >= 15 is 0 Å². The van der Waals surface area contributed by atoms with Crippen molar-refractivity contribution < 1.29 is 9.53 Å². The molecule has 1 saturated carbocycles. The molecule has 0 spiro atoms. The normalized spacial score (nSPS) is 15.6. The molecular weight excluding hydrogens is 403 g/mol. The van der Waals surface area contributed by atoms with E-state index in [0.717, 1.165) is 29.0 Å². The lowest BCUT2D eigenvalue weighted by molar-refractivity contribution is -0.123. The van der Waals surface area contributed by atoms with E-state index in [0.29, 0.717) is 21.0 Å². The van der Waals surface area contributed by atoms with Crippen LogP contribution in [-0.2, 0) is 4.79 Å². The second-order valence-electron chi connectivity index (χ2n) is 6.64. The van der Waals surface area contributed by atoms with Gasteiger partial charge in [0.25, 0.3) is 5.91 Å². The van der Waals surface area contributed by atoms with Gasteiger partial charge in [0.15, 0.2) is 6.61 Å². The molecule has 0 radical (unpaired) electrons. The molecule has 0 unspecified atom stereocenters. The van der Waals surface area contributed by atoms with E-state index in [1.807, 2.05) is 25.1 Å². The monoisotopic (exact) mass is 424 g/mol. The molecule has 7 heteroatoms. The molecule has 1 fully saturated rings. The molecule has 1 aliphatic rings. The summed E-state index contributed by atoms with van der Waals surface area (Å²) in [4.78, 5) is 13.0. The van der Waals surface area contributed by atoms with Gasteiger partial charge in [-0.1, -0.05) is 42.5 Å². The molecule has 0 atom stereocenters. The Morgan fingerprint density at radius 2 is 2.00 bits per heavy atom. The Balaban J connectivity index is 1.60. The number of ether oxygens (including phenoxy) is 1. The van der Waals surface area contributed by atoms with Crippen molar-refractivity contribution in [2.45, 2.75) is 44.9 Å². The van der Waals surface area contributed by atoms with Gasteiger partial charge < -0.3 is 4.74 Å². The van der Waals surface area contributed by atoms with Crippen molar-refractivity contribution in [1.82, 2.24) is 5.43 Å². The van der Waals surface area contributed by atoms with Crippen LogP contribution in [0.4, 0.5) is 0 Å². The van der Waals surface area contributed by atoms with Crippen molar-refractivity contribution in [3.63, 3.8) is 0 Å². The molecule has 1 aromatic carbocycles. The zero-order chi connectivity index (χ0) is 19.2. The Hall–Kier alpha value is -1.56. The van der Waals surface area contributed by atoms with Crippen LogP contribution in [0.25, 0.3) is 0 Å². The number of halogens is 2. The van der Waals surface area contributed by atoms with Gasteiger partial charge in [0, 0.05) is 5.02 Å². The highest BCUT2D eigenvalue weighted by Crippen LogP contribution is 2.38. The summed E-state index contributed by atoms with van der Waals surface area (Å²) in [5.41, 5.74) is 4.34. The number of amides is 1. The fourth-order valence-corrected chi connectivity index (χ4v) is 4.44. The molecule has 3 rings (SSSR count). The van der Waals surface area contributed by atoms with E-state index < -0.39 is 0 Å². The largest absolute Gasteiger partial charge is 0.483 e. The minimum atomic E-state index is -0.304. The molecule has 0 aliphatic heterocycles. The van der Waals surface area contributed by atoms with Crippen LogP contribution in [0.2, 0.25) is 9.36 Å². The van der Waals surface area contributed by atoms with Crippen LogP contribution in [0.1, 0.15) is 55.4 Å². The van der Waals surface area contributed by atoms with Gasteiger partial charge in [0.05, 0.1) is 14.9 Å². The fraction of sp³-hybridized carbons (Fsp3) is 0.400. The number of hydrogen-bond donors (Lipinski definition) is 1. The van der Waals surface area contributed by atoms with E-state index in [1.165, 1.54) is 30.6 Å². The van der Waals surface area contributed by atoms with Crippen LogP contribution in [0.15, 0.2) is 35.4 Å². The van der Waals surface area contributed by atoms with Crippen molar-refractivity contribution >= 4 is 46.2 Å². The van der Waals surface area contributed by atoms with Crippen LogP contribution < -0.4 is 10.2 Å². The molecule has 1 heterocycles. The first-order valence-electron chi connectivity index (χ1n) is 9.04. The summed E-state index contributed by atoms with van der Waals surface area (Å²) in [7, 11) is 0. The number of nitrogens with zero attached hydrogens (tertiary/aromatic N) is 1. The first-order chi connectivity index (χ1) is 13.0. The van der Waals surface area contributed by atoms with Gasteiger partial charge in [0.1, 0.15) is 5.75 Å². The highest BCUT2D eigenvalue weighted by molar-refractivity contribution is 7.18. The Labute approximate surface area is 173 Å². The minimum Gasteiger partial charge on any atom is -0.483 e. The van der Waals surface area contributed by atoms with E-state index in [9.17, 15) is 4.79 Å². The van der Waals surface area contributed by atoms with Crippen LogP contribution >= 0.6 is 34.5 Å². The molecule has 0 bridgehead atoms. The van der Waals surface area contributed by atoms with Crippen LogP contribution in [-0.4, -0.2) is 18.2 Å². The predicted octanol–water partition coefficient (Wildman–Crippen LogP) is 6.02. The summed E-state index contributed by atoms with van der Waals surface area (Å²) in [6, 6.07) is 9.29. The molecular formula is C20H22Cl2N2O2S. The van der Waals surface area contributed by atoms with Crippen LogP contribution in [0.5, 0.6) is 5.75 Å². The number of carbonyl (C=O) groups excluding carboxylic acids is 1. The summed E-state index contributed by atoms with van der Waals surface area (Å²) in [6.07, 6.45) is 5.99. The summed E-state index contributed by atoms with van der Waals surface area (Å²) in [5, 5.41) is 4.81. The maximum atomic E-state index is 12.1. The molecule has 1 aliphatic carbocycles. The molecule has 27 heavy (non-hydrogen) atoms. The number of rotatable bonds is 6. The summed E-state index contributed by atoms with van der Waals surface area (Å²) in [5.74, 6) is 0.869. The second kappa shape index (κ2) is 9.58. The Kier molecular flexibility index (Phi) is 7.16. The number of hydrogen-bond acceptors (Lipinski definition) is 4. The standard InChI is InChI=1S/C20H22Cl2N2O2S/c1-13(18-9-10-19(22)27-18)23-24-20(25)12-26-17-8-7-15(21)11-16(17)14-5-3-2-4-6-14/h7-11,14H,2-6,12H2,1H3,(H,24,25). The predicted molar refractivity (Wildman–Crippen MR) is 112 cm³/mol. The highest BCUT2D eigenvalue weighted by atomic mass is 35.5. The fourth-order valence-electron chi connectivity index (χ4n) is 3.27. The number of carbonyl (C=O) groups is 1. The van der Waals surface area contributed by atoms with E-state index in [1.54, 1.807) is 12.1 Å².